The monoisotopic (exact) mass is 613 g/mol. The molecule has 0 atom stereocenters. The summed E-state index contributed by atoms with van der Waals surface area (Å²) >= 11 is 0. The number of carbonyl (C=O) groups is 2. The zero-order valence-electron chi connectivity index (χ0n) is 24.8. The van der Waals surface area contributed by atoms with Crippen LogP contribution in [0.1, 0.15) is 16.1 Å². The van der Waals surface area contributed by atoms with Crippen molar-refractivity contribution in [2.75, 3.05) is 18.4 Å². The van der Waals surface area contributed by atoms with Crippen LogP contribution in [0.3, 0.4) is 0 Å². The number of hydrogen-bond donors (Lipinski definition) is 4. The van der Waals surface area contributed by atoms with Gasteiger partial charge in [-0.1, -0.05) is 48.5 Å². The number of rotatable bonds is 12. The maximum Gasteiger partial charge on any atom is 0.277 e. The molecule has 0 radical (unpaired) electrons. The van der Waals surface area contributed by atoms with E-state index in [0.717, 1.165) is 16.6 Å². The van der Waals surface area contributed by atoms with Crippen LogP contribution in [0.5, 0.6) is 11.5 Å². The van der Waals surface area contributed by atoms with Crippen molar-refractivity contribution in [3.05, 3.63) is 137 Å². The number of benzene rings is 3. The van der Waals surface area contributed by atoms with E-state index in [9.17, 15) is 14.4 Å². The zero-order chi connectivity index (χ0) is 31.7. The number of H-pyrrole nitrogens is 1. The van der Waals surface area contributed by atoms with Crippen LogP contribution in [0.15, 0.2) is 120 Å². The van der Waals surface area contributed by atoms with E-state index in [-0.39, 0.29) is 43.7 Å². The second-order valence-electron chi connectivity index (χ2n) is 10.4. The van der Waals surface area contributed by atoms with Crippen LogP contribution < -0.4 is 26.2 Å². The maximum atomic E-state index is 13.6. The first-order chi connectivity index (χ1) is 22.5. The van der Waals surface area contributed by atoms with Gasteiger partial charge in [0.1, 0.15) is 29.6 Å². The molecule has 2 amide bonds. The van der Waals surface area contributed by atoms with E-state index in [0.29, 0.717) is 28.5 Å². The lowest BCUT2D eigenvalue weighted by molar-refractivity contribution is -0.121. The number of hydrogen-bond acceptors (Lipinski definition) is 7. The fourth-order valence-electron chi connectivity index (χ4n) is 4.87. The molecule has 11 heteroatoms. The van der Waals surface area contributed by atoms with Gasteiger partial charge >= 0.3 is 0 Å². The van der Waals surface area contributed by atoms with Crippen molar-refractivity contribution in [2.24, 2.45) is 0 Å². The van der Waals surface area contributed by atoms with Crippen molar-refractivity contribution < 1.29 is 14.3 Å². The van der Waals surface area contributed by atoms with Crippen LogP contribution in [0.2, 0.25) is 0 Å². The Morgan fingerprint density at radius 1 is 0.826 bits per heavy atom. The molecule has 0 aliphatic heterocycles. The number of amides is 2. The van der Waals surface area contributed by atoms with Crippen LogP contribution in [0.4, 0.5) is 5.69 Å². The Hall–Kier alpha value is -6.23. The first-order valence-corrected chi connectivity index (χ1v) is 14.7. The van der Waals surface area contributed by atoms with E-state index in [1.54, 1.807) is 36.7 Å². The van der Waals surface area contributed by atoms with Gasteiger partial charge in [0.15, 0.2) is 0 Å². The van der Waals surface area contributed by atoms with E-state index in [4.69, 9.17) is 4.74 Å². The number of fused-ring (bicyclic) bond motifs is 1. The molecule has 46 heavy (non-hydrogen) atoms. The molecule has 0 spiro atoms. The number of nitrogens with one attached hydrogen (secondary N) is 4. The van der Waals surface area contributed by atoms with Gasteiger partial charge in [-0.25, -0.2) is 4.98 Å². The minimum Gasteiger partial charge on any atom is -0.457 e. The molecule has 0 fully saturated rings. The molecule has 6 aromatic rings. The minimum atomic E-state index is -0.402. The minimum absolute atomic E-state index is 0.215. The summed E-state index contributed by atoms with van der Waals surface area (Å²) in [5.74, 6) is 1.10. The van der Waals surface area contributed by atoms with Crippen LogP contribution in [-0.4, -0.2) is 44.4 Å². The van der Waals surface area contributed by atoms with Gasteiger partial charge in [0.05, 0.1) is 12.7 Å². The second-order valence-corrected chi connectivity index (χ2v) is 10.4. The summed E-state index contributed by atoms with van der Waals surface area (Å²) in [4.78, 5) is 51.2. The average molecular weight is 614 g/mol. The highest BCUT2D eigenvalue weighted by molar-refractivity contribution is 5.94. The summed E-state index contributed by atoms with van der Waals surface area (Å²) in [6, 6.07) is 29.2. The Morgan fingerprint density at radius 3 is 2.33 bits per heavy atom. The number of anilines is 1. The molecule has 0 bridgehead atoms. The quantitative estimate of drug-likeness (QED) is 0.146. The molecule has 3 aromatic heterocycles. The lowest BCUT2D eigenvalue weighted by Gasteiger charge is -2.15. The molecule has 0 saturated heterocycles. The number of para-hydroxylation sites is 1. The highest BCUT2D eigenvalue weighted by Crippen LogP contribution is 2.21. The van der Waals surface area contributed by atoms with E-state index in [2.05, 4.69) is 30.9 Å². The highest BCUT2D eigenvalue weighted by Gasteiger charge is 2.16. The topological polar surface area (TPSA) is 143 Å². The molecular formula is C35H31N7O4. The van der Waals surface area contributed by atoms with E-state index >= 15 is 0 Å². The van der Waals surface area contributed by atoms with Gasteiger partial charge in [-0.05, 0) is 48.5 Å². The number of aromatic amines is 1. The van der Waals surface area contributed by atoms with Crippen LogP contribution in [0.25, 0.3) is 22.3 Å². The van der Waals surface area contributed by atoms with E-state index in [1.807, 2.05) is 72.8 Å². The third-order valence-electron chi connectivity index (χ3n) is 7.16. The van der Waals surface area contributed by atoms with Crippen molar-refractivity contribution in [1.29, 1.82) is 0 Å². The molecule has 0 aliphatic carbocycles. The first-order valence-electron chi connectivity index (χ1n) is 14.7. The highest BCUT2D eigenvalue weighted by atomic mass is 16.5. The number of nitrogens with zero attached hydrogens (tertiary/aromatic N) is 3. The number of pyridine rings is 1. The van der Waals surface area contributed by atoms with E-state index < -0.39 is 5.56 Å². The van der Waals surface area contributed by atoms with Crippen molar-refractivity contribution >= 4 is 28.4 Å². The fraction of sp³-hybridized carbons (Fsp3) is 0.114. The Bertz CT molecular complexity index is 1970. The van der Waals surface area contributed by atoms with Crippen LogP contribution in [0, 0.1) is 0 Å². The van der Waals surface area contributed by atoms with Gasteiger partial charge in [0, 0.05) is 53.2 Å². The fourth-order valence-corrected chi connectivity index (χ4v) is 4.87. The van der Waals surface area contributed by atoms with E-state index in [1.165, 1.54) is 10.8 Å². The Labute approximate surface area is 264 Å². The van der Waals surface area contributed by atoms with Crippen molar-refractivity contribution in [3.63, 3.8) is 0 Å². The second kappa shape index (κ2) is 14.0. The molecular weight excluding hydrogens is 582 g/mol. The molecule has 0 saturated carbocycles. The largest absolute Gasteiger partial charge is 0.457 e. The summed E-state index contributed by atoms with van der Waals surface area (Å²) in [6.45, 7) is 0.552. The van der Waals surface area contributed by atoms with Gasteiger partial charge in [0.25, 0.3) is 11.5 Å². The molecule has 4 N–H and O–H groups in total. The molecule has 0 aliphatic rings. The average Bonchev–Trinajstić information content (AvgIpc) is 3.52. The third kappa shape index (κ3) is 7.28. The Balaban J connectivity index is 1.07. The van der Waals surface area contributed by atoms with Gasteiger partial charge in [-0.15, -0.1) is 0 Å². The normalized spacial score (nSPS) is 10.8. The smallest absolute Gasteiger partial charge is 0.277 e. The summed E-state index contributed by atoms with van der Waals surface area (Å²) in [5.41, 5.74) is 2.74. The number of aromatic nitrogens is 4. The van der Waals surface area contributed by atoms with Gasteiger partial charge in [-0.3, -0.25) is 23.9 Å². The standard InChI is InChI=1S/C35H31N7O4/c43-32(39-21-27-19-26-20-36-16-15-30(26)41-27)23-42-33(24-7-3-1-4-8-24)40-22-31(35(42)45)37-17-18-38-34(44)25-11-13-29(14-12-25)46-28-9-5-2-6-10-28/h1-16,19-20,22,37,41H,17-18,21,23H2,(H,38,44)(H,39,43). The zero-order valence-corrected chi connectivity index (χ0v) is 24.8. The summed E-state index contributed by atoms with van der Waals surface area (Å²) < 4.78 is 7.13. The molecule has 3 aromatic carbocycles. The Kier molecular flexibility index (Phi) is 9.10. The molecule has 11 nitrogen and oxygen atoms in total. The summed E-state index contributed by atoms with van der Waals surface area (Å²) in [5, 5.41) is 9.71. The SMILES string of the molecule is O=C(Cn1c(-c2ccccc2)ncc(NCCNC(=O)c2ccc(Oc3ccccc3)cc2)c1=O)NCc1cc2cnccc2[nH]1. The predicted molar refractivity (Wildman–Crippen MR) is 176 cm³/mol. The molecule has 230 valence electrons. The van der Waals surface area contributed by atoms with Gasteiger partial charge < -0.3 is 25.7 Å². The summed E-state index contributed by atoms with van der Waals surface area (Å²) in [6.07, 6.45) is 4.89. The molecule has 3 heterocycles. The third-order valence-corrected chi connectivity index (χ3v) is 7.16. The molecule has 0 unspecified atom stereocenters. The lowest BCUT2D eigenvalue weighted by atomic mass is 10.2. The number of carbonyl (C=O) groups excluding carboxylic acids is 2. The summed E-state index contributed by atoms with van der Waals surface area (Å²) in [7, 11) is 0. The maximum absolute atomic E-state index is 13.6. The number of ether oxygens (including phenoxy) is 1. The van der Waals surface area contributed by atoms with Gasteiger partial charge in [-0.2, -0.15) is 0 Å². The van der Waals surface area contributed by atoms with Crippen LogP contribution >= 0.6 is 0 Å². The van der Waals surface area contributed by atoms with Crippen molar-refractivity contribution in [3.8, 4) is 22.9 Å². The van der Waals surface area contributed by atoms with Gasteiger partial charge in [0.2, 0.25) is 5.91 Å². The van der Waals surface area contributed by atoms with Crippen molar-refractivity contribution in [2.45, 2.75) is 13.1 Å². The predicted octanol–water partition coefficient (Wildman–Crippen LogP) is 4.74. The lowest BCUT2D eigenvalue weighted by Crippen LogP contribution is -2.35. The first kappa shape index (κ1) is 29.8. The van der Waals surface area contributed by atoms with Crippen LogP contribution in [-0.2, 0) is 17.9 Å². The molecule has 6 rings (SSSR count). The van der Waals surface area contributed by atoms with Crippen molar-refractivity contribution in [1.82, 2.24) is 30.2 Å². The Morgan fingerprint density at radius 2 is 1.57 bits per heavy atom.